The van der Waals surface area contributed by atoms with E-state index in [-0.39, 0.29) is 0 Å². The van der Waals surface area contributed by atoms with Gasteiger partial charge in [0.25, 0.3) is 0 Å². The molecular weight excluding hydrogens is 310 g/mol. The molecule has 1 fully saturated rings. The molecule has 1 unspecified atom stereocenters. The monoisotopic (exact) mass is 337 g/mol. The average molecular weight is 338 g/mol. The Bertz CT molecular complexity index is 396. The number of nitrogens with one attached hydrogen (secondary N) is 1. The van der Waals surface area contributed by atoms with Gasteiger partial charge in [0.2, 0.25) is 0 Å². The van der Waals surface area contributed by atoms with Crippen LogP contribution in [-0.2, 0) is 6.42 Å². The van der Waals surface area contributed by atoms with Crippen LogP contribution in [0.15, 0.2) is 28.7 Å². The molecule has 0 heterocycles. The molecule has 1 aromatic carbocycles. The predicted molar refractivity (Wildman–Crippen MR) is 91.0 cm³/mol. The van der Waals surface area contributed by atoms with E-state index in [0.717, 1.165) is 24.8 Å². The smallest absolute Gasteiger partial charge is 0.0207 e. The minimum atomic E-state index is 0.636. The molecule has 1 nitrogen and oxygen atoms in total. The highest BCUT2D eigenvalue weighted by Crippen LogP contribution is 2.34. The number of hydrogen-bond donors (Lipinski definition) is 1. The summed E-state index contributed by atoms with van der Waals surface area (Å²) < 4.78 is 1.25. The molecule has 20 heavy (non-hydrogen) atoms. The fourth-order valence-corrected chi connectivity index (χ4v) is 4.01. The van der Waals surface area contributed by atoms with E-state index >= 15 is 0 Å². The third-order valence-electron chi connectivity index (χ3n) is 4.90. The summed E-state index contributed by atoms with van der Waals surface area (Å²) >= 11 is 3.69. The molecule has 0 spiro atoms. The number of halogens is 1. The molecule has 112 valence electrons. The van der Waals surface area contributed by atoms with Crippen LogP contribution >= 0.6 is 15.9 Å². The van der Waals surface area contributed by atoms with Crippen molar-refractivity contribution in [1.29, 1.82) is 0 Å². The number of hydrogen-bond acceptors (Lipinski definition) is 1. The first-order valence-corrected chi connectivity index (χ1v) is 9.00. The quantitative estimate of drug-likeness (QED) is 0.753. The summed E-state index contributed by atoms with van der Waals surface area (Å²) in [6.45, 7) is 5.64. The van der Waals surface area contributed by atoms with Gasteiger partial charge in [-0.05, 0) is 49.3 Å². The third kappa shape index (κ3) is 4.33. The van der Waals surface area contributed by atoms with E-state index in [2.05, 4.69) is 59.4 Å². The largest absolute Gasteiger partial charge is 0.314 e. The lowest BCUT2D eigenvalue weighted by molar-refractivity contribution is 0.218. The molecule has 1 atom stereocenters. The maximum atomic E-state index is 3.74. The Morgan fingerprint density at radius 2 is 1.85 bits per heavy atom. The maximum Gasteiger partial charge on any atom is 0.0207 e. The van der Waals surface area contributed by atoms with Crippen LogP contribution < -0.4 is 5.32 Å². The highest BCUT2D eigenvalue weighted by molar-refractivity contribution is 9.10. The van der Waals surface area contributed by atoms with Crippen LogP contribution in [0.5, 0.6) is 0 Å². The van der Waals surface area contributed by atoms with Crippen molar-refractivity contribution in [1.82, 2.24) is 5.32 Å². The Morgan fingerprint density at radius 3 is 2.45 bits per heavy atom. The molecule has 2 heteroatoms. The molecule has 0 aromatic heterocycles. The van der Waals surface area contributed by atoms with Gasteiger partial charge in [0.05, 0.1) is 0 Å². The molecule has 1 aliphatic carbocycles. The first-order valence-electron chi connectivity index (χ1n) is 8.21. The van der Waals surface area contributed by atoms with Crippen LogP contribution in [0.2, 0.25) is 0 Å². The second-order valence-electron chi connectivity index (χ2n) is 6.15. The summed E-state index contributed by atoms with van der Waals surface area (Å²) in [5.41, 5.74) is 1.44. The van der Waals surface area contributed by atoms with Gasteiger partial charge >= 0.3 is 0 Å². The van der Waals surface area contributed by atoms with E-state index in [0.29, 0.717) is 6.04 Å². The second-order valence-corrected chi connectivity index (χ2v) is 7.00. The van der Waals surface area contributed by atoms with Crippen LogP contribution in [-0.4, -0.2) is 12.6 Å². The van der Waals surface area contributed by atoms with Crippen molar-refractivity contribution < 1.29 is 0 Å². The molecule has 0 saturated heterocycles. The van der Waals surface area contributed by atoms with Crippen molar-refractivity contribution in [2.24, 2.45) is 11.8 Å². The molecule has 1 saturated carbocycles. The van der Waals surface area contributed by atoms with Crippen LogP contribution in [0.3, 0.4) is 0 Å². The second kappa shape index (κ2) is 8.19. The van der Waals surface area contributed by atoms with Gasteiger partial charge in [-0.25, -0.2) is 0 Å². The molecule has 1 aromatic rings. The highest BCUT2D eigenvalue weighted by Gasteiger charge is 2.26. The lowest BCUT2D eigenvalue weighted by Crippen LogP contribution is -2.39. The molecule has 1 N–H and O–H groups in total. The Morgan fingerprint density at radius 1 is 1.15 bits per heavy atom. The van der Waals surface area contributed by atoms with E-state index in [9.17, 15) is 0 Å². The number of benzene rings is 1. The summed E-state index contributed by atoms with van der Waals surface area (Å²) in [6, 6.07) is 9.30. The zero-order valence-electron chi connectivity index (χ0n) is 12.9. The Kier molecular flexibility index (Phi) is 6.57. The standard InChI is InChI=1S/C18H28BrN/c1-3-14-9-11-15(12-10-14)18(20-4-2)13-16-7-5-6-8-17(16)19/h5-8,14-15,18,20H,3-4,9-13H2,1-2H3. The van der Waals surface area contributed by atoms with Gasteiger partial charge in [-0.3, -0.25) is 0 Å². The van der Waals surface area contributed by atoms with E-state index < -0.39 is 0 Å². The maximum absolute atomic E-state index is 3.74. The lowest BCUT2D eigenvalue weighted by Gasteiger charge is -2.34. The Labute approximate surface area is 132 Å². The molecule has 0 aliphatic heterocycles. The first kappa shape index (κ1) is 16.0. The minimum Gasteiger partial charge on any atom is -0.314 e. The highest BCUT2D eigenvalue weighted by atomic mass is 79.9. The van der Waals surface area contributed by atoms with E-state index in [4.69, 9.17) is 0 Å². The summed E-state index contributed by atoms with van der Waals surface area (Å²) in [7, 11) is 0. The number of likely N-dealkylation sites (N-methyl/N-ethyl adjacent to an activating group) is 1. The zero-order chi connectivity index (χ0) is 14.4. The van der Waals surface area contributed by atoms with Crippen LogP contribution in [0.4, 0.5) is 0 Å². The zero-order valence-corrected chi connectivity index (χ0v) is 14.5. The fraction of sp³-hybridized carbons (Fsp3) is 0.667. The lowest BCUT2D eigenvalue weighted by atomic mass is 9.76. The van der Waals surface area contributed by atoms with Gasteiger partial charge in [0.1, 0.15) is 0 Å². The first-order chi connectivity index (χ1) is 9.74. The molecule has 0 bridgehead atoms. The van der Waals surface area contributed by atoms with Crippen molar-refractivity contribution >= 4 is 15.9 Å². The predicted octanol–water partition coefficient (Wildman–Crippen LogP) is 5.19. The molecule has 1 aliphatic rings. The summed E-state index contributed by atoms with van der Waals surface area (Å²) in [4.78, 5) is 0. The Hall–Kier alpha value is -0.340. The van der Waals surface area contributed by atoms with Gasteiger partial charge in [-0.15, -0.1) is 0 Å². The van der Waals surface area contributed by atoms with Crippen molar-refractivity contribution in [3.63, 3.8) is 0 Å². The fourth-order valence-electron chi connectivity index (χ4n) is 3.57. The number of rotatable bonds is 6. The van der Waals surface area contributed by atoms with Crippen molar-refractivity contribution in [3.8, 4) is 0 Å². The Balaban J connectivity index is 1.99. The summed E-state index contributed by atoms with van der Waals surface area (Å²) in [5, 5.41) is 3.74. The SMILES string of the molecule is CCNC(Cc1ccccc1Br)C1CCC(CC)CC1. The van der Waals surface area contributed by atoms with Crippen LogP contribution in [0.25, 0.3) is 0 Å². The normalized spacial score (nSPS) is 24.6. The summed E-state index contributed by atoms with van der Waals surface area (Å²) in [6.07, 6.45) is 8.18. The van der Waals surface area contributed by atoms with Gasteiger partial charge in [0.15, 0.2) is 0 Å². The van der Waals surface area contributed by atoms with Crippen LogP contribution in [0.1, 0.15) is 51.5 Å². The van der Waals surface area contributed by atoms with E-state index in [1.54, 1.807) is 0 Å². The summed E-state index contributed by atoms with van der Waals surface area (Å²) in [5.74, 6) is 1.84. The minimum absolute atomic E-state index is 0.636. The van der Waals surface area contributed by atoms with Gasteiger partial charge in [-0.1, -0.05) is 67.2 Å². The van der Waals surface area contributed by atoms with Crippen molar-refractivity contribution in [2.75, 3.05) is 6.54 Å². The molecule has 2 rings (SSSR count). The van der Waals surface area contributed by atoms with E-state index in [1.165, 1.54) is 42.1 Å². The van der Waals surface area contributed by atoms with Gasteiger partial charge in [-0.2, -0.15) is 0 Å². The van der Waals surface area contributed by atoms with Crippen molar-refractivity contribution in [2.45, 2.75) is 58.4 Å². The van der Waals surface area contributed by atoms with Crippen molar-refractivity contribution in [3.05, 3.63) is 34.3 Å². The topological polar surface area (TPSA) is 12.0 Å². The molecular formula is C18H28BrN. The van der Waals surface area contributed by atoms with Gasteiger partial charge < -0.3 is 5.32 Å². The molecule has 0 amide bonds. The molecule has 0 radical (unpaired) electrons. The third-order valence-corrected chi connectivity index (χ3v) is 5.68. The van der Waals surface area contributed by atoms with Gasteiger partial charge in [0, 0.05) is 10.5 Å². The van der Waals surface area contributed by atoms with E-state index in [1.807, 2.05) is 0 Å². The average Bonchev–Trinajstić information content (AvgIpc) is 2.49. The van der Waals surface area contributed by atoms with Crippen LogP contribution in [0, 0.1) is 11.8 Å².